The number of hydrogen-bond donors (Lipinski definition) is 2. The van der Waals surface area contributed by atoms with Crippen molar-refractivity contribution >= 4 is 39.9 Å². The molecule has 30 heavy (non-hydrogen) atoms. The molecule has 0 saturated carbocycles. The second-order valence-electron chi connectivity index (χ2n) is 6.40. The third-order valence-electron chi connectivity index (χ3n) is 4.18. The smallest absolute Gasteiger partial charge is 0.359 e. The van der Waals surface area contributed by atoms with Crippen molar-refractivity contribution in [3.63, 3.8) is 0 Å². The van der Waals surface area contributed by atoms with Crippen LogP contribution in [0.5, 0.6) is 0 Å². The number of benzene rings is 2. The van der Waals surface area contributed by atoms with Gasteiger partial charge in [0.15, 0.2) is 12.3 Å². The van der Waals surface area contributed by atoms with Crippen LogP contribution in [0, 0.1) is 0 Å². The quantitative estimate of drug-likeness (QED) is 0.603. The largest absolute Gasteiger partial charge is 0.451 e. The summed E-state index contributed by atoms with van der Waals surface area (Å²) in [5.41, 5.74) is 0.744. The van der Waals surface area contributed by atoms with E-state index < -0.39 is 18.5 Å². The number of anilines is 2. The topological polar surface area (TPSA) is 119 Å². The summed E-state index contributed by atoms with van der Waals surface area (Å²) in [6.07, 6.45) is 0. The van der Waals surface area contributed by atoms with E-state index in [1.165, 1.54) is 11.6 Å². The second-order valence-corrected chi connectivity index (χ2v) is 6.40. The minimum absolute atomic E-state index is 0.0282. The molecule has 2 aromatic carbocycles. The van der Waals surface area contributed by atoms with Crippen LogP contribution in [0.3, 0.4) is 0 Å². The van der Waals surface area contributed by atoms with Gasteiger partial charge in [0.25, 0.3) is 11.5 Å². The maximum atomic E-state index is 12.5. The number of ether oxygens (including phenoxy) is 1. The fourth-order valence-electron chi connectivity index (χ4n) is 2.84. The van der Waals surface area contributed by atoms with Crippen molar-refractivity contribution in [2.24, 2.45) is 0 Å². The van der Waals surface area contributed by atoms with Gasteiger partial charge < -0.3 is 15.4 Å². The summed E-state index contributed by atoms with van der Waals surface area (Å²) in [5, 5.41) is 10.0. The molecule has 1 aromatic heterocycles. The number of fused-ring (bicyclic) bond motifs is 1. The second kappa shape index (κ2) is 8.99. The van der Waals surface area contributed by atoms with E-state index in [0.29, 0.717) is 28.7 Å². The predicted molar refractivity (Wildman–Crippen MR) is 111 cm³/mol. The van der Waals surface area contributed by atoms with Gasteiger partial charge in [0.1, 0.15) is 0 Å². The first-order valence-corrected chi connectivity index (χ1v) is 9.23. The van der Waals surface area contributed by atoms with Crippen LogP contribution in [0.1, 0.15) is 24.3 Å². The first-order valence-electron chi connectivity index (χ1n) is 9.23. The van der Waals surface area contributed by atoms with Gasteiger partial charge in [-0.15, -0.1) is 0 Å². The minimum atomic E-state index is -0.801. The lowest BCUT2D eigenvalue weighted by Crippen LogP contribution is -2.27. The zero-order valence-corrected chi connectivity index (χ0v) is 16.5. The third kappa shape index (κ3) is 4.69. The number of nitrogens with zero attached hydrogens (tertiary/aromatic N) is 2. The lowest BCUT2D eigenvalue weighted by atomic mass is 10.1. The van der Waals surface area contributed by atoms with Gasteiger partial charge in [0, 0.05) is 30.2 Å². The van der Waals surface area contributed by atoms with Crippen molar-refractivity contribution in [1.82, 2.24) is 9.78 Å². The van der Waals surface area contributed by atoms with E-state index in [0.717, 1.165) is 0 Å². The lowest BCUT2D eigenvalue weighted by Gasteiger charge is -2.10. The molecule has 3 aromatic rings. The number of nitrogens with one attached hydrogen (secondary N) is 2. The fraction of sp³-hybridized carbons (Fsp3) is 0.190. The Morgan fingerprint density at radius 3 is 2.17 bits per heavy atom. The van der Waals surface area contributed by atoms with Gasteiger partial charge in [-0.3, -0.25) is 14.4 Å². The molecule has 0 bridgehead atoms. The first kappa shape index (κ1) is 20.7. The van der Waals surface area contributed by atoms with E-state index in [2.05, 4.69) is 15.7 Å². The van der Waals surface area contributed by atoms with Gasteiger partial charge >= 0.3 is 5.97 Å². The Hall–Kier alpha value is -4.01. The molecule has 9 heteroatoms. The number of aromatic nitrogens is 2. The van der Waals surface area contributed by atoms with Gasteiger partial charge in [0.2, 0.25) is 5.91 Å². The molecule has 0 atom stereocenters. The van der Waals surface area contributed by atoms with Crippen molar-refractivity contribution in [2.75, 3.05) is 17.2 Å². The van der Waals surface area contributed by atoms with E-state index in [1.807, 2.05) is 0 Å². The van der Waals surface area contributed by atoms with Gasteiger partial charge in [-0.25, -0.2) is 9.48 Å². The number of carbonyl (C=O) groups is 3. The van der Waals surface area contributed by atoms with Crippen molar-refractivity contribution in [3.8, 4) is 0 Å². The Kier molecular flexibility index (Phi) is 6.21. The van der Waals surface area contributed by atoms with E-state index >= 15 is 0 Å². The molecular formula is C21H20N4O5. The van der Waals surface area contributed by atoms with Crippen molar-refractivity contribution in [3.05, 3.63) is 64.6 Å². The third-order valence-corrected chi connectivity index (χ3v) is 4.18. The molecule has 154 valence electrons. The van der Waals surface area contributed by atoms with Crippen LogP contribution in [-0.4, -0.2) is 34.2 Å². The number of aryl methyl sites for hydroxylation is 1. The standard InChI is InChI=1S/C21H20N4O5/c1-3-25-20(28)17-7-5-4-6-16(17)19(24-25)21(29)30-12-18(27)23-15-10-8-14(9-11-15)22-13(2)26/h4-11H,3,12H2,1-2H3,(H,22,26)(H,23,27). The average Bonchev–Trinajstić information content (AvgIpc) is 2.73. The van der Waals surface area contributed by atoms with Crippen LogP contribution in [0.15, 0.2) is 53.3 Å². The number of esters is 1. The Balaban J connectivity index is 1.68. The van der Waals surface area contributed by atoms with Crippen molar-refractivity contribution in [2.45, 2.75) is 20.4 Å². The number of carbonyl (C=O) groups excluding carboxylic acids is 3. The van der Waals surface area contributed by atoms with Crippen LogP contribution in [0.4, 0.5) is 11.4 Å². The fourth-order valence-corrected chi connectivity index (χ4v) is 2.84. The minimum Gasteiger partial charge on any atom is -0.451 e. The van der Waals surface area contributed by atoms with E-state index in [1.54, 1.807) is 55.5 Å². The lowest BCUT2D eigenvalue weighted by molar-refractivity contribution is -0.119. The Labute approximate surface area is 171 Å². The Bertz CT molecular complexity index is 1170. The molecule has 0 aliphatic carbocycles. The van der Waals surface area contributed by atoms with Gasteiger partial charge in [0.05, 0.1) is 5.39 Å². The van der Waals surface area contributed by atoms with Crippen molar-refractivity contribution in [1.29, 1.82) is 0 Å². The van der Waals surface area contributed by atoms with E-state index in [-0.39, 0.29) is 17.2 Å². The molecule has 0 fully saturated rings. The van der Waals surface area contributed by atoms with Gasteiger partial charge in [-0.05, 0) is 37.3 Å². The SMILES string of the molecule is CCn1nc(C(=O)OCC(=O)Nc2ccc(NC(C)=O)cc2)c2ccccc2c1=O. The molecule has 0 aliphatic heterocycles. The number of rotatable bonds is 6. The van der Waals surface area contributed by atoms with Crippen LogP contribution in [0.25, 0.3) is 10.8 Å². The maximum absolute atomic E-state index is 12.5. The molecule has 0 aliphatic rings. The molecule has 1 heterocycles. The van der Waals surface area contributed by atoms with Gasteiger partial charge in [-0.1, -0.05) is 18.2 Å². The normalized spacial score (nSPS) is 10.5. The summed E-state index contributed by atoms with van der Waals surface area (Å²) in [5.74, 6) is -1.54. The predicted octanol–water partition coefficient (Wildman–Crippen LogP) is 2.17. The highest BCUT2D eigenvalue weighted by Crippen LogP contribution is 2.15. The van der Waals surface area contributed by atoms with Crippen molar-refractivity contribution < 1.29 is 19.1 Å². The van der Waals surface area contributed by atoms with E-state index in [9.17, 15) is 19.2 Å². The van der Waals surface area contributed by atoms with Gasteiger partial charge in [-0.2, -0.15) is 5.10 Å². The zero-order valence-electron chi connectivity index (χ0n) is 16.5. The Morgan fingerprint density at radius 2 is 1.57 bits per heavy atom. The summed E-state index contributed by atoms with van der Waals surface area (Å²) in [6.45, 7) is 2.91. The maximum Gasteiger partial charge on any atom is 0.359 e. The molecular weight excluding hydrogens is 388 g/mol. The number of amides is 2. The highest BCUT2D eigenvalue weighted by molar-refractivity contribution is 6.03. The monoisotopic (exact) mass is 408 g/mol. The summed E-state index contributed by atoms with van der Waals surface area (Å²) >= 11 is 0. The molecule has 0 spiro atoms. The molecule has 9 nitrogen and oxygen atoms in total. The average molecular weight is 408 g/mol. The Morgan fingerprint density at radius 1 is 0.967 bits per heavy atom. The molecule has 0 saturated heterocycles. The number of hydrogen-bond acceptors (Lipinski definition) is 6. The van der Waals surface area contributed by atoms with Crippen LogP contribution >= 0.6 is 0 Å². The molecule has 0 unspecified atom stereocenters. The molecule has 0 radical (unpaired) electrons. The summed E-state index contributed by atoms with van der Waals surface area (Å²) in [4.78, 5) is 48.0. The first-order chi connectivity index (χ1) is 14.4. The summed E-state index contributed by atoms with van der Waals surface area (Å²) in [7, 11) is 0. The summed E-state index contributed by atoms with van der Waals surface area (Å²) in [6, 6.07) is 13.1. The van der Waals surface area contributed by atoms with Crippen LogP contribution in [-0.2, 0) is 20.9 Å². The molecule has 3 rings (SSSR count). The highest BCUT2D eigenvalue weighted by Gasteiger charge is 2.18. The molecule has 2 amide bonds. The molecule has 2 N–H and O–H groups in total. The van der Waals surface area contributed by atoms with Crippen LogP contribution < -0.4 is 16.2 Å². The van der Waals surface area contributed by atoms with E-state index in [4.69, 9.17) is 4.74 Å². The summed E-state index contributed by atoms with van der Waals surface area (Å²) < 4.78 is 6.28. The highest BCUT2D eigenvalue weighted by atomic mass is 16.5. The zero-order chi connectivity index (χ0) is 21.7. The van der Waals surface area contributed by atoms with Crippen LogP contribution in [0.2, 0.25) is 0 Å².